The Labute approximate surface area is 106 Å². The second-order valence-electron chi connectivity index (χ2n) is 4.71. The number of benzene rings is 1. The van der Waals surface area contributed by atoms with Crippen LogP contribution in [-0.4, -0.2) is 17.3 Å². The summed E-state index contributed by atoms with van der Waals surface area (Å²) in [6.45, 7) is 7.29. The van der Waals surface area contributed by atoms with E-state index >= 15 is 0 Å². The van der Waals surface area contributed by atoms with Crippen molar-refractivity contribution < 1.29 is 5.11 Å². The lowest BCUT2D eigenvalue weighted by atomic mass is 9.92. The van der Waals surface area contributed by atoms with Crippen LogP contribution in [0.4, 0.5) is 0 Å². The van der Waals surface area contributed by atoms with Gasteiger partial charge in [0.1, 0.15) is 0 Å². The summed E-state index contributed by atoms with van der Waals surface area (Å²) < 4.78 is 1.10. The zero-order valence-electron chi connectivity index (χ0n) is 10.1. The van der Waals surface area contributed by atoms with Crippen molar-refractivity contribution in [3.63, 3.8) is 0 Å². The lowest BCUT2D eigenvalue weighted by Gasteiger charge is -2.28. The third-order valence-electron chi connectivity index (χ3n) is 3.00. The van der Waals surface area contributed by atoms with Gasteiger partial charge in [0.15, 0.2) is 0 Å². The van der Waals surface area contributed by atoms with Crippen LogP contribution in [-0.2, 0) is 6.54 Å². The highest BCUT2D eigenvalue weighted by molar-refractivity contribution is 9.10. The van der Waals surface area contributed by atoms with Crippen LogP contribution < -0.4 is 5.32 Å². The largest absolute Gasteiger partial charge is 0.389 e. The van der Waals surface area contributed by atoms with Crippen molar-refractivity contribution in [1.82, 2.24) is 5.32 Å². The minimum Gasteiger partial charge on any atom is -0.389 e. The number of hydrogen-bond acceptors (Lipinski definition) is 2. The van der Waals surface area contributed by atoms with E-state index in [9.17, 15) is 5.11 Å². The van der Waals surface area contributed by atoms with Crippen LogP contribution in [0.1, 0.15) is 26.3 Å². The molecule has 1 aromatic rings. The lowest BCUT2D eigenvalue weighted by molar-refractivity contribution is 0.0140. The summed E-state index contributed by atoms with van der Waals surface area (Å²) >= 11 is 3.50. The molecule has 2 N–H and O–H groups in total. The van der Waals surface area contributed by atoms with Gasteiger partial charge in [-0.25, -0.2) is 0 Å². The van der Waals surface area contributed by atoms with E-state index in [4.69, 9.17) is 0 Å². The first-order valence-electron chi connectivity index (χ1n) is 5.60. The maximum absolute atomic E-state index is 10.1. The minimum absolute atomic E-state index is 0.249. The molecule has 0 aromatic heterocycles. The molecule has 1 rings (SSSR count). The first kappa shape index (κ1) is 13.7. The van der Waals surface area contributed by atoms with Crippen LogP contribution in [0.25, 0.3) is 0 Å². The number of nitrogens with one attached hydrogen (secondary N) is 1. The second-order valence-corrected chi connectivity index (χ2v) is 5.56. The van der Waals surface area contributed by atoms with Crippen LogP contribution in [0.15, 0.2) is 28.7 Å². The van der Waals surface area contributed by atoms with E-state index in [1.165, 1.54) is 5.56 Å². The van der Waals surface area contributed by atoms with Gasteiger partial charge in [-0.05, 0) is 24.5 Å². The average Bonchev–Trinajstić information content (AvgIpc) is 2.20. The van der Waals surface area contributed by atoms with Crippen LogP contribution in [0.3, 0.4) is 0 Å². The minimum atomic E-state index is -0.652. The van der Waals surface area contributed by atoms with Crippen molar-refractivity contribution in [2.24, 2.45) is 5.92 Å². The molecule has 0 aliphatic heterocycles. The number of hydrogen-bond donors (Lipinski definition) is 2. The van der Waals surface area contributed by atoms with E-state index in [-0.39, 0.29) is 5.92 Å². The predicted molar refractivity (Wildman–Crippen MR) is 71.3 cm³/mol. The van der Waals surface area contributed by atoms with Gasteiger partial charge in [-0.1, -0.05) is 48.0 Å². The Bertz CT molecular complexity index is 336. The fourth-order valence-electron chi connectivity index (χ4n) is 1.30. The number of aliphatic hydroxyl groups is 1. The summed E-state index contributed by atoms with van der Waals surface area (Å²) in [6, 6.07) is 8.11. The van der Waals surface area contributed by atoms with Gasteiger partial charge in [0.25, 0.3) is 0 Å². The average molecular weight is 286 g/mol. The molecule has 90 valence electrons. The van der Waals surface area contributed by atoms with E-state index in [2.05, 4.69) is 27.3 Å². The number of halogens is 1. The highest BCUT2D eigenvalue weighted by Crippen LogP contribution is 2.17. The van der Waals surface area contributed by atoms with E-state index < -0.39 is 5.60 Å². The molecule has 0 saturated heterocycles. The molecule has 16 heavy (non-hydrogen) atoms. The molecule has 0 fully saturated rings. The van der Waals surface area contributed by atoms with Crippen molar-refractivity contribution in [1.29, 1.82) is 0 Å². The van der Waals surface area contributed by atoms with Gasteiger partial charge < -0.3 is 10.4 Å². The molecule has 0 bridgehead atoms. The van der Waals surface area contributed by atoms with Crippen molar-refractivity contribution >= 4 is 15.9 Å². The summed E-state index contributed by atoms with van der Waals surface area (Å²) in [7, 11) is 0. The SMILES string of the molecule is CC(C)C(C)(O)CNCc1ccccc1Br. The van der Waals surface area contributed by atoms with Crippen LogP contribution >= 0.6 is 15.9 Å². The quantitative estimate of drug-likeness (QED) is 0.872. The zero-order chi connectivity index (χ0) is 12.2. The van der Waals surface area contributed by atoms with E-state index in [0.29, 0.717) is 6.54 Å². The lowest BCUT2D eigenvalue weighted by Crippen LogP contribution is -2.41. The molecule has 1 unspecified atom stereocenters. The van der Waals surface area contributed by atoms with Gasteiger partial charge >= 0.3 is 0 Å². The fourth-order valence-corrected chi connectivity index (χ4v) is 1.72. The molecule has 1 atom stereocenters. The molecule has 0 amide bonds. The Morgan fingerprint density at radius 3 is 2.56 bits per heavy atom. The summed E-state index contributed by atoms with van der Waals surface area (Å²) in [5, 5.41) is 13.3. The van der Waals surface area contributed by atoms with Gasteiger partial charge in [0.2, 0.25) is 0 Å². The Morgan fingerprint density at radius 2 is 2.00 bits per heavy atom. The third-order valence-corrected chi connectivity index (χ3v) is 3.77. The molecule has 3 heteroatoms. The van der Waals surface area contributed by atoms with Crippen LogP contribution in [0.2, 0.25) is 0 Å². The van der Waals surface area contributed by atoms with E-state index in [1.54, 1.807) is 0 Å². The monoisotopic (exact) mass is 285 g/mol. The van der Waals surface area contributed by atoms with Gasteiger partial charge in [0.05, 0.1) is 5.60 Å². The molecule has 0 saturated carbocycles. The fraction of sp³-hybridized carbons (Fsp3) is 0.538. The van der Waals surface area contributed by atoms with Gasteiger partial charge in [-0.3, -0.25) is 0 Å². The summed E-state index contributed by atoms with van der Waals surface area (Å²) in [4.78, 5) is 0. The van der Waals surface area contributed by atoms with Crippen molar-refractivity contribution in [2.45, 2.75) is 32.9 Å². The Kier molecular flexibility index (Phi) is 4.96. The Balaban J connectivity index is 2.45. The zero-order valence-corrected chi connectivity index (χ0v) is 11.7. The molecule has 0 aliphatic rings. The molecule has 0 spiro atoms. The normalized spacial score (nSPS) is 15.1. The highest BCUT2D eigenvalue weighted by Gasteiger charge is 2.23. The Morgan fingerprint density at radius 1 is 1.38 bits per heavy atom. The summed E-state index contributed by atoms with van der Waals surface area (Å²) in [5.41, 5.74) is 0.559. The maximum Gasteiger partial charge on any atom is 0.0766 e. The highest BCUT2D eigenvalue weighted by atomic mass is 79.9. The first-order chi connectivity index (χ1) is 7.43. The van der Waals surface area contributed by atoms with Gasteiger partial charge in [0, 0.05) is 17.6 Å². The maximum atomic E-state index is 10.1. The topological polar surface area (TPSA) is 32.3 Å². The van der Waals surface area contributed by atoms with E-state index in [1.807, 2.05) is 39.0 Å². The molecule has 0 heterocycles. The van der Waals surface area contributed by atoms with Crippen LogP contribution in [0.5, 0.6) is 0 Å². The summed E-state index contributed by atoms with van der Waals surface area (Å²) in [5.74, 6) is 0.249. The van der Waals surface area contributed by atoms with E-state index in [0.717, 1.165) is 11.0 Å². The standard InChI is InChI=1S/C13H20BrNO/c1-10(2)13(3,16)9-15-8-11-6-4-5-7-12(11)14/h4-7,10,15-16H,8-9H2,1-3H3. The predicted octanol–water partition coefficient (Wildman–Crippen LogP) is 2.95. The van der Waals surface area contributed by atoms with Gasteiger partial charge in [-0.15, -0.1) is 0 Å². The second kappa shape index (κ2) is 5.80. The molecular formula is C13H20BrNO. The van der Waals surface area contributed by atoms with Gasteiger partial charge in [-0.2, -0.15) is 0 Å². The molecule has 1 aromatic carbocycles. The van der Waals surface area contributed by atoms with Crippen molar-refractivity contribution in [3.05, 3.63) is 34.3 Å². The van der Waals surface area contributed by atoms with Crippen LogP contribution in [0, 0.1) is 5.92 Å². The molecular weight excluding hydrogens is 266 g/mol. The Hall–Kier alpha value is -0.380. The smallest absolute Gasteiger partial charge is 0.0766 e. The first-order valence-corrected chi connectivity index (χ1v) is 6.39. The van der Waals surface area contributed by atoms with Crippen molar-refractivity contribution in [3.8, 4) is 0 Å². The third kappa shape index (κ3) is 3.89. The molecule has 0 aliphatic carbocycles. The van der Waals surface area contributed by atoms with Crippen molar-refractivity contribution in [2.75, 3.05) is 6.54 Å². The number of rotatable bonds is 5. The molecule has 2 nitrogen and oxygen atoms in total. The summed E-state index contributed by atoms with van der Waals surface area (Å²) in [6.07, 6.45) is 0. The molecule has 0 radical (unpaired) electrons.